The second kappa shape index (κ2) is 4.63. The second-order valence-corrected chi connectivity index (χ2v) is 4.60. The SMILES string of the molecule is CC(C)C1COC(c2ccccc2C(F)(F)F)=N1. The molecule has 0 radical (unpaired) electrons. The first kappa shape index (κ1) is 12.9. The lowest BCUT2D eigenvalue weighted by molar-refractivity contribution is -0.137. The molecular formula is C13H14F3NO. The van der Waals surface area contributed by atoms with E-state index in [0.717, 1.165) is 6.07 Å². The molecule has 0 spiro atoms. The maximum atomic E-state index is 12.8. The van der Waals surface area contributed by atoms with Gasteiger partial charge in [-0.15, -0.1) is 0 Å². The predicted molar refractivity (Wildman–Crippen MR) is 62.6 cm³/mol. The monoisotopic (exact) mass is 257 g/mol. The topological polar surface area (TPSA) is 21.6 Å². The van der Waals surface area contributed by atoms with E-state index in [0.29, 0.717) is 6.61 Å². The molecule has 1 atom stereocenters. The van der Waals surface area contributed by atoms with E-state index in [1.807, 2.05) is 13.8 Å². The van der Waals surface area contributed by atoms with Gasteiger partial charge in [-0.2, -0.15) is 13.2 Å². The van der Waals surface area contributed by atoms with Gasteiger partial charge in [0, 0.05) is 5.56 Å². The molecule has 1 aliphatic heterocycles. The zero-order chi connectivity index (χ0) is 13.3. The summed E-state index contributed by atoms with van der Waals surface area (Å²) in [5.41, 5.74) is -0.679. The third kappa shape index (κ3) is 2.49. The van der Waals surface area contributed by atoms with Crippen LogP contribution in [0.15, 0.2) is 29.3 Å². The summed E-state index contributed by atoms with van der Waals surface area (Å²) in [6.45, 7) is 4.28. The molecule has 5 heteroatoms. The number of aliphatic imine (C=N–C) groups is 1. The summed E-state index contributed by atoms with van der Waals surface area (Å²) in [4.78, 5) is 4.23. The largest absolute Gasteiger partial charge is 0.475 e. The Labute approximate surface area is 103 Å². The Balaban J connectivity index is 2.38. The van der Waals surface area contributed by atoms with Gasteiger partial charge in [-0.1, -0.05) is 26.0 Å². The van der Waals surface area contributed by atoms with Crippen molar-refractivity contribution in [2.45, 2.75) is 26.1 Å². The highest BCUT2D eigenvalue weighted by Crippen LogP contribution is 2.33. The zero-order valence-electron chi connectivity index (χ0n) is 10.2. The number of hydrogen-bond acceptors (Lipinski definition) is 2. The number of halogens is 3. The Bertz CT molecular complexity index is 466. The Morgan fingerprint density at radius 1 is 1.28 bits per heavy atom. The van der Waals surface area contributed by atoms with Crippen molar-refractivity contribution in [1.82, 2.24) is 0 Å². The van der Waals surface area contributed by atoms with Gasteiger partial charge in [0.05, 0.1) is 11.6 Å². The lowest BCUT2D eigenvalue weighted by atomic mass is 10.1. The highest BCUT2D eigenvalue weighted by atomic mass is 19.4. The summed E-state index contributed by atoms with van der Waals surface area (Å²) in [7, 11) is 0. The molecular weight excluding hydrogens is 243 g/mol. The van der Waals surface area contributed by atoms with Crippen molar-refractivity contribution >= 4 is 5.90 Å². The van der Waals surface area contributed by atoms with Gasteiger partial charge in [-0.25, -0.2) is 4.99 Å². The molecule has 1 heterocycles. The van der Waals surface area contributed by atoms with Crippen molar-refractivity contribution in [3.8, 4) is 0 Å². The van der Waals surface area contributed by atoms with Gasteiger partial charge in [0.2, 0.25) is 5.90 Å². The van der Waals surface area contributed by atoms with Crippen LogP contribution in [-0.4, -0.2) is 18.5 Å². The molecule has 0 amide bonds. The zero-order valence-corrected chi connectivity index (χ0v) is 10.2. The van der Waals surface area contributed by atoms with Crippen LogP contribution in [0.4, 0.5) is 13.2 Å². The van der Waals surface area contributed by atoms with Gasteiger partial charge in [0.1, 0.15) is 6.61 Å². The van der Waals surface area contributed by atoms with Gasteiger partial charge in [0.15, 0.2) is 0 Å². The fourth-order valence-electron chi connectivity index (χ4n) is 1.80. The molecule has 1 aromatic carbocycles. The maximum Gasteiger partial charge on any atom is 0.417 e. The quantitative estimate of drug-likeness (QED) is 0.794. The molecule has 0 aliphatic carbocycles. The summed E-state index contributed by atoms with van der Waals surface area (Å²) in [5, 5.41) is 0. The highest BCUT2D eigenvalue weighted by Gasteiger charge is 2.36. The standard InChI is InChI=1S/C13H14F3NO/c1-8(2)11-7-18-12(17-11)9-5-3-4-6-10(9)13(14,15)16/h3-6,8,11H,7H2,1-2H3. The lowest BCUT2D eigenvalue weighted by Gasteiger charge is -2.11. The Morgan fingerprint density at radius 2 is 1.94 bits per heavy atom. The summed E-state index contributed by atoms with van der Waals surface area (Å²) >= 11 is 0. The molecule has 0 aromatic heterocycles. The molecule has 0 fully saturated rings. The number of ether oxygens (including phenoxy) is 1. The normalized spacial score (nSPS) is 19.9. The van der Waals surface area contributed by atoms with Crippen LogP contribution in [0.1, 0.15) is 25.0 Å². The number of hydrogen-bond donors (Lipinski definition) is 0. The third-order valence-corrected chi connectivity index (χ3v) is 2.91. The molecule has 1 unspecified atom stereocenters. The molecule has 0 saturated heterocycles. The van der Waals surface area contributed by atoms with E-state index < -0.39 is 11.7 Å². The maximum absolute atomic E-state index is 12.8. The van der Waals surface area contributed by atoms with E-state index >= 15 is 0 Å². The molecule has 2 rings (SSSR count). The minimum atomic E-state index is -4.39. The number of alkyl halides is 3. The number of rotatable bonds is 2. The first-order valence-corrected chi connectivity index (χ1v) is 5.77. The number of benzene rings is 1. The van der Waals surface area contributed by atoms with E-state index in [1.54, 1.807) is 6.07 Å². The molecule has 18 heavy (non-hydrogen) atoms. The van der Waals surface area contributed by atoms with Crippen LogP contribution in [0.25, 0.3) is 0 Å². The predicted octanol–water partition coefficient (Wildman–Crippen LogP) is 3.51. The van der Waals surface area contributed by atoms with Crippen molar-refractivity contribution in [3.05, 3.63) is 35.4 Å². The van der Waals surface area contributed by atoms with Crippen molar-refractivity contribution in [3.63, 3.8) is 0 Å². The molecule has 1 aliphatic rings. The summed E-state index contributed by atoms with van der Waals surface area (Å²) in [5.74, 6) is 0.349. The highest BCUT2D eigenvalue weighted by molar-refractivity contribution is 5.96. The molecule has 98 valence electrons. The van der Waals surface area contributed by atoms with Crippen LogP contribution in [-0.2, 0) is 10.9 Å². The third-order valence-electron chi connectivity index (χ3n) is 2.91. The van der Waals surface area contributed by atoms with E-state index in [4.69, 9.17) is 4.74 Å². The lowest BCUT2D eigenvalue weighted by Crippen LogP contribution is -2.14. The molecule has 0 N–H and O–H groups in total. The van der Waals surface area contributed by atoms with E-state index in [-0.39, 0.29) is 23.4 Å². The van der Waals surface area contributed by atoms with Crippen molar-refractivity contribution in [1.29, 1.82) is 0 Å². The van der Waals surface area contributed by atoms with Gasteiger partial charge in [-0.3, -0.25) is 0 Å². The molecule has 0 bridgehead atoms. The average Bonchev–Trinajstić information content (AvgIpc) is 2.77. The van der Waals surface area contributed by atoms with E-state index in [1.165, 1.54) is 12.1 Å². The van der Waals surface area contributed by atoms with Crippen LogP contribution < -0.4 is 0 Å². The van der Waals surface area contributed by atoms with Crippen molar-refractivity contribution in [2.75, 3.05) is 6.61 Å². The average molecular weight is 257 g/mol. The van der Waals surface area contributed by atoms with Crippen LogP contribution >= 0.6 is 0 Å². The van der Waals surface area contributed by atoms with Gasteiger partial charge in [-0.05, 0) is 18.1 Å². The second-order valence-electron chi connectivity index (χ2n) is 4.60. The smallest absolute Gasteiger partial charge is 0.417 e. The van der Waals surface area contributed by atoms with Crippen LogP contribution in [0.5, 0.6) is 0 Å². The first-order chi connectivity index (χ1) is 8.39. The van der Waals surface area contributed by atoms with Crippen molar-refractivity contribution < 1.29 is 17.9 Å². The minimum absolute atomic E-state index is 0.0214. The van der Waals surface area contributed by atoms with Crippen LogP contribution in [0.3, 0.4) is 0 Å². The van der Waals surface area contributed by atoms with Gasteiger partial charge >= 0.3 is 6.18 Å². The first-order valence-electron chi connectivity index (χ1n) is 5.77. The summed E-state index contributed by atoms with van der Waals surface area (Å²) < 4.78 is 43.8. The fourth-order valence-corrected chi connectivity index (χ4v) is 1.80. The summed E-state index contributed by atoms with van der Waals surface area (Å²) in [6.07, 6.45) is -4.39. The van der Waals surface area contributed by atoms with E-state index in [9.17, 15) is 13.2 Å². The molecule has 1 aromatic rings. The Morgan fingerprint density at radius 3 is 2.50 bits per heavy atom. The van der Waals surface area contributed by atoms with Gasteiger partial charge in [0.25, 0.3) is 0 Å². The van der Waals surface area contributed by atoms with Crippen LogP contribution in [0, 0.1) is 5.92 Å². The molecule has 2 nitrogen and oxygen atoms in total. The summed E-state index contributed by atoms with van der Waals surface area (Å²) in [6, 6.07) is 5.29. The fraction of sp³-hybridized carbons (Fsp3) is 0.462. The minimum Gasteiger partial charge on any atom is -0.475 e. The van der Waals surface area contributed by atoms with E-state index in [2.05, 4.69) is 4.99 Å². The Hall–Kier alpha value is -1.52. The van der Waals surface area contributed by atoms with Crippen LogP contribution in [0.2, 0.25) is 0 Å². The van der Waals surface area contributed by atoms with Crippen molar-refractivity contribution in [2.24, 2.45) is 10.9 Å². The Kier molecular flexibility index (Phi) is 3.32. The molecule has 0 saturated carbocycles. The van der Waals surface area contributed by atoms with Gasteiger partial charge < -0.3 is 4.74 Å². The number of nitrogens with zero attached hydrogens (tertiary/aromatic N) is 1.